The molecule has 1 saturated carbocycles. The van der Waals surface area contributed by atoms with Crippen LogP contribution in [-0.2, 0) is 23.9 Å². The number of ether oxygens (including phenoxy) is 2. The molecule has 1 aliphatic carbocycles. The minimum atomic E-state index is -1.14. The second-order valence-electron chi connectivity index (χ2n) is 12.0. The number of hydrogen-bond donors (Lipinski definition) is 2. The van der Waals surface area contributed by atoms with Crippen molar-refractivity contribution in [1.29, 1.82) is 0 Å². The zero-order valence-electron chi connectivity index (χ0n) is 20.9. The summed E-state index contributed by atoms with van der Waals surface area (Å²) in [5.74, 6) is -1.94. The van der Waals surface area contributed by atoms with Crippen LogP contribution in [-0.4, -0.2) is 70.7 Å². The fourth-order valence-electron chi connectivity index (χ4n) is 6.81. The molecule has 0 aromatic heterocycles. The highest BCUT2D eigenvalue weighted by molar-refractivity contribution is 6.00. The average molecular weight is 474 g/mol. The first-order valence-electron chi connectivity index (χ1n) is 13.0. The van der Waals surface area contributed by atoms with Crippen LogP contribution in [0, 0.1) is 11.8 Å². The van der Waals surface area contributed by atoms with Crippen LogP contribution >= 0.6 is 0 Å². The van der Waals surface area contributed by atoms with Crippen LogP contribution in [0.25, 0.3) is 0 Å². The predicted octanol–water partition coefficient (Wildman–Crippen LogP) is 2.07. The second-order valence-corrected chi connectivity index (χ2v) is 12.0. The molecule has 8 nitrogen and oxygen atoms in total. The number of nitrogens with zero attached hydrogens (tertiary/aromatic N) is 1. The van der Waals surface area contributed by atoms with Crippen molar-refractivity contribution >= 4 is 17.7 Å². The van der Waals surface area contributed by atoms with E-state index in [0.29, 0.717) is 13.2 Å². The van der Waals surface area contributed by atoms with E-state index in [0.717, 1.165) is 38.5 Å². The Labute approximate surface area is 202 Å². The Morgan fingerprint density at radius 1 is 1.09 bits per heavy atom. The number of carbonyl (C=O) groups excluding carboxylic acids is 3. The van der Waals surface area contributed by atoms with Crippen molar-refractivity contribution in [2.24, 2.45) is 11.8 Å². The van der Waals surface area contributed by atoms with Gasteiger partial charge in [0.25, 0.3) is 0 Å². The van der Waals surface area contributed by atoms with Crippen molar-refractivity contribution in [3.63, 3.8) is 0 Å². The molecule has 0 aromatic rings. The molecule has 5 rings (SSSR count). The van der Waals surface area contributed by atoms with Crippen LogP contribution in [0.5, 0.6) is 0 Å². The molecule has 4 aliphatic heterocycles. The number of amides is 3. The number of carbonyl (C=O) groups is 3. The lowest BCUT2D eigenvalue weighted by atomic mass is 9.70. The SMILES string of the molecule is CC(C)(C)NC(=O)[C@H]1N(C[C@@H]2CCCO2)C(=O)[C@@H]2[C@H](C(=O)NC3CCCCC3)[C@@]3(C)C=C[C@]21O3. The summed E-state index contributed by atoms with van der Waals surface area (Å²) in [6.07, 6.45) is 10.8. The number of rotatable bonds is 5. The zero-order chi connectivity index (χ0) is 24.3. The third-order valence-electron chi connectivity index (χ3n) is 8.20. The minimum absolute atomic E-state index is 0.101. The molecule has 0 aromatic carbocycles. The summed E-state index contributed by atoms with van der Waals surface area (Å²) in [5.41, 5.74) is -2.52. The first-order chi connectivity index (χ1) is 16.0. The summed E-state index contributed by atoms with van der Waals surface area (Å²) < 4.78 is 12.4. The summed E-state index contributed by atoms with van der Waals surface area (Å²) in [6.45, 7) is 8.65. The van der Waals surface area contributed by atoms with E-state index < -0.39 is 34.6 Å². The fourth-order valence-corrected chi connectivity index (χ4v) is 6.81. The van der Waals surface area contributed by atoms with Crippen molar-refractivity contribution in [3.05, 3.63) is 12.2 Å². The summed E-state index contributed by atoms with van der Waals surface area (Å²) in [4.78, 5) is 42.9. The second kappa shape index (κ2) is 8.33. The van der Waals surface area contributed by atoms with Gasteiger partial charge in [-0.05, 0) is 53.4 Å². The lowest BCUT2D eigenvalue weighted by Gasteiger charge is -2.35. The molecule has 3 saturated heterocycles. The monoisotopic (exact) mass is 473 g/mol. The van der Waals surface area contributed by atoms with Gasteiger partial charge in [0.05, 0.1) is 23.5 Å². The van der Waals surface area contributed by atoms with Crippen molar-refractivity contribution in [3.8, 4) is 0 Å². The van der Waals surface area contributed by atoms with E-state index >= 15 is 0 Å². The molecule has 6 atom stereocenters. The minimum Gasteiger partial charge on any atom is -0.376 e. The summed E-state index contributed by atoms with van der Waals surface area (Å²) in [7, 11) is 0. The van der Waals surface area contributed by atoms with Crippen LogP contribution < -0.4 is 10.6 Å². The van der Waals surface area contributed by atoms with Crippen LogP contribution in [0.2, 0.25) is 0 Å². The van der Waals surface area contributed by atoms with Gasteiger partial charge in [0, 0.05) is 24.7 Å². The standard InChI is InChI=1S/C26H39N3O5/c1-24(2,3)28-22(31)20-26-13-12-25(4,34-26)18(21(30)27-16-9-6-5-7-10-16)19(26)23(32)29(20)15-17-11-8-14-33-17/h12-13,16-20H,5-11,14-15H2,1-4H3,(H,27,30)(H,28,31)/t17-,18+,19-,20+,25+,26-/m0/s1. The Kier molecular flexibility index (Phi) is 5.83. The van der Waals surface area contributed by atoms with Gasteiger partial charge in [-0.3, -0.25) is 14.4 Å². The quantitative estimate of drug-likeness (QED) is 0.596. The van der Waals surface area contributed by atoms with Crippen LogP contribution in [0.15, 0.2) is 12.2 Å². The molecule has 4 heterocycles. The maximum atomic E-state index is 14.0. The first-order valence-corrected chi connectivity index (χ1v) is 13.0. The van der Waals surface area contributed by atoms with Gasteiger partial charge >= 0.3 is 0 Å². The van der Waals surface area contributed by atoms with Gasteiger partial charge in [0.2, 0.25) is 17.7 Å². The molecule has 0 radical (unpaired) electrons. The van der Waals surface area contributed by atoms with Crippen molar-refractivity contribution in [1.82, 2.24) is 15.5 Å². The van der Waals surface area contributed by atoms with Crippen LogP contribution in [0.3, 0.4) is 0 Å². The topological polar surface area (TPSA) is 97.0 Å². The van der Waals surface area contributed by atoms with Gasteiger partial charge in [-0.25, -0.2) is 0 Å². The third kappa shape index (κ3) is 3.87. The van der Waals surface area contributed by atoms with Gasteiger partial charge in [-0.15, -0.1) is 0 Å². The summed E-state index contributed by atoms with van der Waals surface area (Å²) in [6, 6.07) is -0.692. The highest BCUT2D eigenvalue weighted by Crippen LogP contribution is 2.59. The number of likely N-dealkylation sites (tertiary alicyclic amines) is 1. The van der Waals surface area contributed by atoms with Gasteiger partial charge in [-0.1, -0.05) is 31.4 Å². The smallest absolute Gasteiger partial charge is 0.246 e. The number of fused-ring (bicyclic) bond motifs is 1. The molecule has 3 amide bonds. The van der Waals surface area contributed by atoms with E-state index in [1.807, 2.05) is 39.8 Å². The van der Waals surface area contributed by atoms with E-state index in [1.54, 1.807) is 4.90 Å². The normalized spacial score (nSPS) is 39.5. The molecule has 2 bridgehead atoms. The van der Waals surface area contributed by atoms with Gasteiger partial charge in [-0.2, -0.15) is 0 Å². The Bertz CT molecular complexity index is 885. The van der Waals surface area contributed by atoms with Gasteiger partial charge < -0.3 is 25.0 Å². The van der Waals surface area contributed by atoms with E-state index in [2.05, 4.69) is 10.6 Å². The molecular formula is C26H39N3O5. The Morgan fingerprint density at radius 2 is 1.82 bits per heavy atom. The molecule has 188 valence electrons. The van der Waals surface area contributed by atoms with E-state index in [9.17, 15) is 14.4 Å². The van der Waals surface area contributed by atoms with E-state index in [4.69, 9.17) is 9.47 Å². The average Bonchev–Trinajstić information content (AvgIpc) is 3.48. The van der Waals surface area contributed by atoms with Crippen molar-refractivity contribution < 1.29 is 23.9 Å². The molecule has 4 fully saturated rings. The zero-order valence-corrected chi connectivity index (χ0v) is 20.9. The Morgan fingerprint density at radius 3 is 2.47 bits per heavy atom. The first kappa shape index (κ1) is 23.8. The van der Waals surface area contributed by atoms with Gasteiger partial charge in [0.15, 0.2) is 0 Å². The number of nitrogens with one attached hydrogen (secondary N) is 2. The molecular weight excluding hydrogens is 434 g/mol. The van der Waals surface area contributed by atoms with E-state index in [-0.39, 0.29) is 29.9 Å². The third-order valence-corrected chi connectivity index (χ3v) is 8.20. The molecule has 34 heavy (non-hydrogen) atoms. The largest absolute Gasteiger partial charge is 0.376 e. The van der Waals surface area contributed by atoms with Crippen LogP contribution in [0.4, 0.5) is 0 Å². The fraction of sp³-hybridized carbons (Fsp3) is 0.808. The molecule has 2 N–H and O–H groups in total. The highest BCUT2D eigenvalue weighted by Gasteiger charge is 2.76. The summed E-state index contributed by atoms with van der Waals surface area (Å²) in [5, 5.41) is 6.28. The summed E-state index contributed by atoms with van der Waals surface area (Å²) >= 11 is 0. The molecule has 0 unspecified atom stereocenters. The lowest BCUT2D eigenvalue weighted by molar-refractivity contribution is -0.147. The van der Waals surface area contributed by atoms with Crippen molar-refractivity contribution in [2.75, 3.05) is 13.2 Å². The van der Waals surface area contributed by atoms with Gasteiger partial charge in [0.1, 0.15) is 11.6 Å². The Hall–Kier alpha value is -1.93. The molecule has 8 heteroatoms. The predicted molar refractivity (Wildman–Crippen MR) is 126 cm³/mol. The Balaban J connectivity index is 1.47. The molecule has 5 aliphatic rings. The highest BCUT2D eigenvalue weighted by atomic mass is 16.5. The maximum Gasteiger partial charge on any atom is 0.246 e. The maximum absolute atomic E-state index is 14.0. The molecule has 1 spiro atoms. The van der Waals surface area contributed by atoms with E-state index in [1.165, 1.54) is 6.42 Å². The lowest BCUT2D eigenvalue weighted by Crippen LogP contribution is -2.58. The van der Waals surface area contributed by atoms with Crippen molar-refractivity contribution in [2.45, 2.75) is 108 Å². The van der Waals surface area contributed by atoms with Crippen LogP contribution in [0.1, 0.15) is 72.6 Å². The number of hydrogen-bond acceptors (Lipinski definition) is 5.